The van der Waals surface area contributed by atoms with Crippen LogP contribution in [0.1, 0.15) is 27.6 Å². The number of esters is 1. The predicted octanol–water partition coefficient (Wildman–Crippen LogP) is 3.99. The van der Waals surface area contributed by atoms with Crippen LogP contribution in [0, 0.1) is 0 Å². The standard InChI is InChI=1S/C21H22N2O4S2/c1-4-27-12-11-23-16-10-9-14(20(25)26-2)13-18(16)29-21(23)22-19(24)15-7-5-6-8-17(15)28-3/h5-10,13H,4,11-12H2,1-3H3. The zero-order valence-corrected chi connectivity index (χ0v) is 18.1. The smallest absolute Gasteiger partial charge is 0.337 e. The lowest BCUT2D eigenvalue weighted by atomic mass is 10.2. The second-order valence-corrected chi connectivity index (χ2v) is 7.88. The van der Waals surface area contributed by atoms with E-state index in [9.17, 15) is 9.59 Å². The fourth-order valence-electron chi connectivity index (χ4n) is 2.89. The molecule has 0 spiro atoms. The van der Waals surface area contributed by atoms with Crippen molar-refractivity contribution >= 4 is 45.2 Å². The van der Waals surface area contributed by atoms with Crippen LogP contribution in [0.2, 0.25) is 0 Å². The summed E-state index contributed by atoms with van der Waals surface area (Å²) < 4.78 is 13.1. The number of nitrogens with zero attached hydrogens (tertiary/aromatic N) is 2. The summed E-state index contributed by atoms with van der Waals surface area (Å²) in [5, 5.41) is 0. The molecule has 3 rings (SSSR count). The molecule has 29 heavy (non-hydrogen) atoms. The third kappa shape index (κ3) is 4.77. The molecule has 0 radical (unpaired) electrons. The number of carbonyl (C=O) groups is 2. The summed E-state index contributed by atoms with van der Waals surface area (Å²) in [6, 6.07) is 12.8. The van der Waals surface area contributed by atoms with E-state index in [1.807, 2.05) is 42.0 Å². The Labute approximate surface area is 177 Å². The van der Waals surface area contributed by atoms with Crippen LogP contribution in [0.25, 0.3) is 10.2 Å². The van der Waals surface area contributed by atoms with Gasteiger partial charge in [0, 0.05) is 18.0 Å². The van der Waals surface area contributed by atoms with Crippen LogP contribution in [0.4, 0.5) is 0 Å². The van der Waals surface area contributed by atoms with Crippen molar-refractivity contribution in [2.45, 2.75) is 18.4 Å². The molecule has 1 aromatic heterocycles. The van der Waals surface area contributed by atoms with Gasteiger partial charge in [-0.3, -0.25) is 4.79 Å². The van der Waals surface area contributed by atoms with Gasteiger partial charge in [0.15, 0.2) is 4.80 Å². The summed E-state index contributed by atoms with van der Waals surface area (Å²) in [7, 11) is 1.35. The first kappa shape index (κ1) is 21.3. The Balaban J connectivity index is 2.10. The van der Waals surface area contributed by atoms with E-state index in [4.69, 9.17) is 9.47 Å². The third-order valence-corrected chi connectivity index (χ3v) is 6.14. The number of fused-ring (bicyclic) bond motifs is 1. The number of ether oxygens (including phenoxy) is 2. The van der Waals surface area contributed by atoms with E-state index in [2.05, 4.69) is 4.99 Å². The van der Waals surface area contributed by atoms with Gasteiger partial charge in [-0.15, -0.1) is 11.8 Å². The average molecular weight is 431 g/mol. The maximum Gasteiger partial charge on any atom is 0.337 e. The van der Waals surface area contributed by atoms with E-state index in [-0.39, 0.29) is 5.91 Å². The number of aromatic nitrogens is 1. The summed E-state index contributed by atoms with van der Waals surface area (Å²) in [4.78, 5) is 30.6. The van der Waals surface area contributed by atoms with Crippen molar-refractivity contribution < 1.29 is 19.1 Å². The Morgan fingerprint density at radius 2 is 2.00 bits per heavy atom. The Morgan fingerprint density at radius 1 is 1.21 bits per heavy atom. The molecule has 0 atom stereocenters. The van der Waals surface area contributed by atoms with Gasteiger partial charge in [0.2, 0.25) is 0 Å². The first-order valence-electron chi connectivity index (χ1n) is 9.10. The van der Waals surface area contributed by atoms with Gasteiger partial charge >= 0.3 is 5.97 Å². The maximum absolute atomic E-state index is 12.9. The van der Waals surface area contributed by atoms with Gasteiger partial charge < -0.3 is 14.0 Å². The minimum Gasteiger partial charge on any atom is -0.465 e. The van der Waals surface area contributed by atoms with Crippen molar-refractivity contribution in [3.63, 3.8) is 0 Å². The molecule has 0 bridgehead atoms. The summed E-state index contributed by atoms with van der Waals surface area (Å²) in [5.41, 5.74) is 1.93. The number of thiazole rings is 1. The zero-order valence-electron chi connectivity index (χ0n) is 16.5. The summed E-state index contributed by atoms with van der Waals surface area (Å²) in [6.07, 6.45) is 1.93. The number of rotatable bonds is 7. The molecule has 3 aromatic rings. The van der Waals surface area contributed by atoms with E-state index in [1.54, 1.807) is 18.2 Å². The second-order valence-electron chi connectivity index (χ2n) is 6.02. The zero-order chi connectivity index (χ0) is 20.8. The van der Waals surface area contributed by atoms with Crippen molar-refractivity contribution in [2.24, 2.45) is 4.99 Å². The van der Waals surface area contributed by atoms with Crippen LogP contribution in [0.3, 0.4) is 0 Å². The molecule has 0 aliphatic heterocycles. The van der Waals surface area contributed by atoms with E-state index < -0.39 is 5.97 Å². The molecule has 0 saturated carbocycles. The van der Waals surface area contributed by atoms with Crippen LogP contribution in [-0.4, -0.2) is 43.0 Å². The quantitative estimate of drug-likeness (QED) is 0.322. The van der Waals surface area contributed by atoms with E-state index in [0.29, 0.717) is 35.7 Å². The van der Waals surface area contributed by atoms with Crippen LogP contribution in [0.5, 0.6) is 0 Å². The fourth-order valence-corrected chi connectivity index (χ4v) is 4.57. The molecular weight excluding hydrogens is 408 g/mol. The Hall–Kier alpha value is -2.42. The van der Waals surface area contributed by atoms with Crippen molar-refractivity contribution in [1.29, 1.82) is 0 Å². The lowest BCUT2D eigenvalue weighted by Crippen LogP contribution is -2.20. The van der Waals surface area contributed by atoms with E-state index in [0.717, 1.165) is 15.1 Å². The van der Waals surface area contributed by atoms with Gasteiger partial charge in [-0.05, 0) is 43.5 Å². The Kier molecular flexibility index (Phi) is 7.24. The van der Waals surface area contributed by atoms with Crippen molar-refractivity contribution in [3.8, 4) is 0 Å². The SMILES string of the molecule is CCOCCn1c(=NC(=O)c2ccccc2SC)sc2cc(C(=O)OC)ccc21. The molecule has 0 unspecified atom stereocenters. The number of benzene rings is 2. The van der Waals surface area contributed by atoms with Gasteiger partial charge in [-0.1, -0.05) is 23.5 Å². The van der Waals surface area contributed by atoms with Crippen LogP contribution in [-0.2, 0) is 16.0 Å². The van der Waals surface area contributed by atoms with E-state index in [1.165, 1.54) is 30.2 Å². The molecule has 0 fully saturated rings. The number of methoxy groups -OCH3 is 1. The normalized spacial score (nSPS) is 11.8. The van der Waals surface area contributed by atoms with Gasteiger partial charge in [-0.25, -0.2) is 4.79 Å². The second kappa shape index (κ2) is 9.87. The highest BCUT2D eigenvalue weighted by Crippen LogP contribution is 2.22. The molecule has 6 nitrogen and oxygen atoms in total. The van der Waals surface area contributed by atoms with Crippen molar-refractivity contribution in [1.82, 2.24) is 4.57 Å². The highest BCUT2D eigenvalue weighted by molar-refractivity contribution is 7.98. The highest BCUT2D eigenvalue weighted by Gasteiger charge is 2.14. The monoisotopic (exact) mass is 430 g/mol. The van der Waals surface area contributed by atoms with Crippen molar-refractivity contribution in [3.05, 3.63) is 58.4 Å². The predicted molar refractivity (Wildman–Crippen MR) is 116 cm³/mol. The molecule has 152 valence electrons. The molecule has 0 aliphatic carbocycles. The molecule has 0 N–H and O–H groups in total. The number of amides is 1. The van der Waals surface area contributed by atoms with E-state index >= 15 is 0 Å². The summed E-state index contributed by atoms with van der Waals surface area (Å²) in [6.45, 7) is 3.61. The first-order valence-corrected chi connectivity index (χ1v) is 11.1. The Morgan fingerprint density at radius 3 is 2.72 bits per heavy atom. The largest absolute Gasteiger partial charge is 0.465 e. The first-order chi connectivity index (χ1) is 14.1. The molecule has 1 amide bonds. The van der Waals surface area contributed by atoms with Gasteiger partial charge in [0.25, 0.3) is 5.91 Å². The molecule has 8 heteroatoms. The number of carbonyl (C=O) groups excluding carboxylic acids is 2. The molecule has 1 heterocycles. The molecule has 2 aromatic carbocycles. The highest BCUT2D eigenvalue weighted by atomic mass is 32.2. The summed E-state index contributed by atoms with van der Waals surface area (Å²) >= 11 is 2.88. The topological polar surface area (TPSA) is 69.9 Å². The van der Waals surface area contributed by atoms with Crippen LogP contribution >= 0.6 is 23.1 Å². The lowest BCUT2D eigenvalue weighted by molar-refractivity contribution is 0.0600. The van der Waals surface area contributed by atoms with Crippen molar-refractivity contribution in [2.75, 3.05) is 26.6 Å². The van der Waals surface area contributed by atoms with Gasteiger partial charge in [0.05, 0.1) is 35.1 Å². The maximum atomic E-state index is 12.9. The molecule has 0 saturated heterocycles. The molecular formula is C21H22N2O4S2. The van der Waals surface area contributed by atoms with Crippen LogP contribution in [0.15, 0.2) is 52.4 Å². The minimum absolute atomic E-state index is 0.292. The number of hydrogen-bond donors (Lipinski definition) is 0. The molecule has 0 aliphatic rings. The average Bonchev–Trinajstić information content (AvgIpc) is 3.09. The summed E-state index contributed by atoms with van der Waals surface area (Å²) in [5.74, 6) is -0.690. The van der Waals surface area contributed by atoms with Gasteiger partial charge in [-0.2, -0.15) is 4.99 Å². The van der Waals surface area contributed by atoms with Crippen LogP contribution < -0.4 is 4.80 Å². The fraction of sp³-hybridized carbons (Fsp3) is 0.286. The Bertz CT molecular complexity index is 1100. The van der Waals surface area contributed by atoms with Gasteiger partial charge in [0.1, 0.15) is 0 Å². The number of hydrogen-bond acceptors (Lipinski definition) is 6. The minimum atomic E-state index is -0.398. The third-order valence-electron chi connectivity index (χ3n) is 4.30. The number of thioether (sulfide) groups is 1. The lowest BCUT2D eigenvalue weighted by Gasteiger charge is -2.06.